The van der Waals surface area contributed by atoms with Crippen LogP contribution in [0.25, 0.3) is 0 Å². The molecule has 68 valence electrons. The summed E-state index contributed by atoms with van der Waals surface area (Å²) in [6.07, 6.45) is 0. The number of rotatable bonds is 3. The number of methoxy groups -OCH3 is 1. The predicted molar refractivity (Wildman–Crippen MR) is 48.2 cm³/mol. The first kappa shape index (κ1) is 9.32. The van der Waals surface area contributed by atoms with Crippen molar-refractivity contribution in [3.8, 4) is 5.75 Å². The van der Waals surface area contributed by atoms with E-state index < -0.39 is 5.97 Å². The Labute approximate surface area is 76.6 Å². The van der Waals surface area contributed by atoms with Crippen LogP contribution in [0.4, 0.5) is 0 Å². The molecule has 0 saturated carbocycles. The molecule has 0 heterocycles. The highest BCUT2D eigenvalue weighted by molar-refractivity contribution is 5.85. The molecule has 0 saturated heterocycles. The van der Waals surface area contributed by atoms with Gasteiger partial charge in [-0.2, -0.15) is 0 Å². The number of hydrogen-bond acceptors (Lipinski definition) is 3. The van der Waals surface area contributed by atoms with Crippen LogP contribution in [-0.4, -0.2) is 13.1 Å². The Morgan fingerprint density at radius 1 is 1.31 bits per heavy atom. The third-order valence-corrected chi connectivity index (χ3v) is 1.40. The Morgan fingerprint density at radius 2 is 1.92 bits per heavy atom. The zero-order valence-electron chi connectivity index (χ0n) is 7.32. The first-order valence-corrected chi connectivity index (χ1v) is 3.74. The number of carbonyl (C=O) groups excluding carboxylic acids is 1. The van der Waals surface area contributed by atoms with Gasteiger partial charge in [-0.1, -0.05) is 18.2 Å². The van der Waals surface area contributed by atoms with Gasteiger partial charge in [-0.05, 0) is 18.7 Å². The number of para-hydroxylation sites is 1. The van der Waals surface area contributed by atoms with Crippen LogP contribution in [0.1, 0.15) is 0 Å². The van der Waals surface area contributed by atoms with Gasteiger partial charge in [0.2, 0.25) is 5.76 Å². The molecule has 0 aliphatic heterocycles. The average Bonchev–Trinajstić information content (AvgIpc) is 2.18. The summed E-state index contributed by atoms with van der Waals surface area (Å²) in [5.41, 5.74) is 0. The number of carbonyl (C=O) groups is 1. The largest absolute Gasteiger partial charge is 0.463 e. The monoisotopic (exact) mass is 178 g/mol. The first-order valence-electron chi connectivity index (χ1n) is 3.74. The first-order chi connectivity index (χ1) is 6.24. The molecule has 0 atom stereocenters. The quantitative estimate of drug-likeness (QED) is 0.402. The van der Waals surface area contributed by atoms with E-state index in [4.69, 9.17) is 4.74 Å². The standard InChI is InChI=1S/C10H10O3/c1-8(10(11)12-2)13-9-6-4-3-5-7-9/h3-7H,1H2,2H3. The second kappa shape index (κ2) is 4.30. The zero-order chi connectivity index (χ0) is 9.68. The topological polar surface area (TPSA) is 35.5 Å². The molecule has 1 rings (SSSR count). The molecule has 3 heteroatoms. The molecule has 0 aromatic heterocycles. The summed E-state index contributed by atoms with van der Waals surface area (Å²) in [4.78, 5) is 10.9. The molecule has 1 aromatic carbocycles. The molecule has 13 heavy (non-hydrogen) atoms. The smallest absolute Gasteiger partial charge is 0.373 e. The highest BCUT2D eigenvalue weighted by Crippen LogP contribution is 2.11. The van der Waals surface area contributed by atoms with Crippen molar-refractivity contribution >= 4 is 5.97 Å². The molecular weight excluding hydrogens is 168 g/mol. The maximum absolute atomic E-state index is 10.9. The van der Waals surface area contributed by atoms with Gasteiger partial charge in [0.05, 0.1) is 7.11 Å². The van der Waals surface area contributed by atoms with Crippen molar-refractivity contribution in [1.82, 2.24) is 0 Å². The molecule has 0 amide bonds. The van der Waals surface area contributed by atoms with E-state index in [1.165, 1.54) is 7.11 Å². The van der Waals surface area contributed by atoms with E-state index in [1.807, 2.05) is 6.07 Å². The van der Waals surface area contributed by atoms with Crippen molar-refractivity contribution in [1.29, 1.82) is 0 Å². The third kappa shape index (κ3) is 2.63. The van der Waals surface area contributed by atoms with E-state index in [0.29, 0.717) is 5.75 Å². The molecule has 0 fully saturated rings. The van der Waals surface area contributed by atoms with Crippen LogP contribution in [0.3, 0.4) is 0 Å². The lowest BCUT2D eigenvalue weighted by Gasteiger charge is -2.05. The number of hydrogen-bond donors (Lipinski definition) is 0. The summed E-state index contributed by atoms with van der Waals surface area (Å²) >= 11 is 0. The van der Waals surface area contributed by atoms with E-state index in [-0.39, 0.29) is 5.76 Å². The van der Waals surface area contributed by atoms with E-state index in [2.05, 4.69) is 11.3 Å². The van der Waals surface area contributed by atoms with Crippen molar-refractivity contribution in [2.24, 2.45) is 0 Å². The van der Waals surface area contributed by atoms with Gasteiger partial charge in [0, 0.05) is 0 Å². The van der Waals surface area contributed by atoms with Crippen LogP contribution in [0.15, 0.2) is 42.7 Å². The molecule has 0 aliphatic carbocycles. The molecule has 0 bridgehead atoms. The maximum Gasteiger partial charge on any atom is 0.373 e. The van der Waals surface area contributed by atoms with Gasteiger partial charge in [0.1, 0.15) is 5.75 Å². The minimum absolute atomic E-state index is 0.0197. The molecule has 3 nitrogen and oxygen atoms in total. The Kier molecular flexibility index (Phi) is 3.09. The van der Waals surface area contributed by atoms with Gasteiger partial charge >= 0.3 is 5.97 Å². The summed E-state index contributed by atoms with van der Waals surface area (Å²) in [7, 11) is 1.28. The number of benzene rings is 1. The van der Waals surface area contributed by atoms with Crippen molar-refractivity contribution in [3.63, 3.8) is 0 Å². The Morgan fingerprint density at radius 3 is 2.46 bits per heavy atom. The fourth-order valence-corrected chi connectivity index (χ4v) is 0.786. The van der Waals surface area contributed by atoms with Crippen LogP contribution in [0.2, 0.25) is 0 Å². The third-order valence-electron chi connectivity index (χ3n) is 1.40. The lowest BCUT2D eigenvalue weighted by molar-refractivity contribution is -0.138. The van der Waals surface area contributed by atoms with Crippen LogP contribution >= 0.6 is 0 Å². The summed E-state index contributed by atoms with van der Waals surface area (Å²) in [6.45, 7) is 3.42. The second-order valence-electron chi connectivity index (χ2n) is 2.33. The minimum Gasteiger partial charge on any atom is -0.463 e. The van der Waals surface area contributed by atoms with Gasteiger partial charge in [-0.3, -0.25) is 0 Å². The molecule has 0 aliphatic rings. The predicted octanol–water partition coefficient (Wildman–Crippen LogP) is 1.75. The van der Waals surface area contributed by atoms with Crippen molar-refractivity contribution < 1.29 is 14.3 Å². The molecule has 0 spiro atoms. The normalized spacial score (nSPS) is 9.00. The van der Waals surface area contributed by atoms with Gasteiger partial charge in [0.15, 0.2) is 0 Å². The Bertz CT molecular complexity index is 303. The van der Waals surface area contributed by atoms with Crippen molar-refractivity contribution in [2.45, 2.75) is 0 Å². The molecule has 0 radical (unpaired) electrons. The van der Waals surface area contributed by atoms with Crippen molar-refractivity contribution in [2.75, 3.05) is 7.11 Å². The average molecular weight is 178 g/mol. The van der Waals surface area contributed by atoms with Crippen molar-refractivity contribution in [3.05, 3.63) is 42.7 Å². The highest BCUT2D eigenvalue weighted by Gasteiger charge is 2.07. The summed E-state index contributed by atoms with van der Waals surface area (Å²) < 4.78 is 9.52. The highest BCUT2D eigenvalue weighted by atomic mass is 16.6. The lowest BCUT2D eigenvalue weighted by Crippen LogP contribution is -2.08. The fraction of sp³-hybridized carbons (Fsp3) is 0.100. The number of ether oxygens (including phenoxy) is 2. The number of esters is 1. The summed E-state index contributed by atoms with van der Waals surface area (Å²) in [6, 6.07) is 8.93. The molecule has 0 unspecified atom stereocenters. The minimum atomic E-state index is -0.566. The molecule has 0 N–H and O–H groups in total. The van der Waals surface area contributed by atoms with E-state index in [9.17, 15) is 4.79 Å². The summed E-state index contributed by atoms with van der Waals surface area (Å²) in [5.74, 6) is -0.0181. The Balaban J connectivity index is 2.60. The lowest BCUT2D eigenvalue weighted by atomic mass is 10.3. The fourth-order valence-electron chi connectivity index (χ4n) is 0.786. The molecular formula is C10H10O3. The van der Waals surface area contributed by atoms with Crippen LogP contribution in [-0.2, 0) is 9.53 Å². The van der Waals surface area contributed by atoms with Gasteiger partial charge in [0.25, 0.3) is 0 Å². The zero-order valence-corrected chi connectivity index (χ0v) is 7.32. The van der Waals surface area contributed by atoms with E-state index in [0.717, 1.165) is 0 Å². The van der Waals surface area contributed by atoms with Crippen LogP contribution in [0, 0.1) is 0 Å². The maximum atomic E-state index is 10.9. The van der Waals surface area contributed by atoms with Crippen LogP contribution in [0.5, 0.6) is 5.75 Å². The second-order valence-corrected chi connectivity index (χ2v) is 2.33. The van der Waals surface area contributed by atoms with Gasteiger partial charge < -0.3 is 9.47 Å². The van der Waals surface area contributed by atoms with Gasteiger partial charge in [-0.25, -0.2) is 4.79 Å². The Hall–Kier alpha value is -1.77. The SMILES string of the molecule is C=C(Oc1ccccc1)C(=O)OC. The molecule has 1 aromatic rings. The van der Waals surface area contributed by atoms with Gasteiger partial charge in [-0.15, -0.1) is 0 Å². The van der Waals surface area contributed by atoms with Crippen LogP contribution < -0.4 is 4.74 Å². The van der Waals surface area contributed by atoms with E-state index >= 15 is 0 Å². The van der Waals surface area contributed by atoms with E-state index in [1.54, 1.807) is 24.3 Å². The summed E-state index contributed by atoms with van der Waals surface area (Å²) in [5, 5.41) is 0.